The van der Waals surface area contributed by atoms with Crippen molar-refractivity contribution in [2.24, 2.45) is 5.73 Å². The Labute approximate surface area is 123 Å². The lowest BCUT2D eigenvalue weighted by atomic mass is 10.1. The first-order valence-electron chi connectivity index (χ1n) is 7.33. The molecule has 0 unspecified atom stereocenters. The van der Waals surface area contributed by atoms with Crippen molar-refractivity contribution in [2.45, 2.75) is 51.5 Å². The molecule has 0 radical (unpaired) electrons. The molecule has 0 amide bonds. The minimum absolute atomic E-state index is 0.355. The van der Waals surface area contributed by atoms with Crippen LogP contribution in [0.15, 0.2) is 23.1 Å². The van der Waals surface area contributed by atoms with Gasteiger partial charge in [-0.3, -0.25) is 0 Å². The molecule has 1 rings (SSSR count). The zero-order valence-corrected chi connectivity index (χ0v) is 13.5. The van der Waals surface area contributed by atoms with Crippen LogP contribution >= 0.6 is 0 Å². The molecule has 5 heteroatoms. The Morgan fingerprint density at radius 1 is 1.20 bits per heavy atom. The van der Waals surface area contributed by atoms with Crippen LogP contribution < -0.4 is 5.73 Å². The SMILES string of the molecule is CCCCN(CC)S(=O)(=O)c1cc(CN)ccc1CC. The van der Waals surface area contributed by atoms with Crippen LogP contribution in [-0.4, -0.2) is 25.8 Å². The van der Waals surface area contributed by atoms with E-state index in [0.717, 1.165) is 24.0 Å². The van der Waals surface area contributed by atoms with E-state index in [1.807, 2.05) is 26.0 Å². The Bertz CT molecular complexity index is 527. The number of nitrogens with zero attached hydrogens (tertiary/aromatic N) is 1. The van der Waals surface area contributed by atoms with Crippen LogP contribution in [0, 0.1) is 0 Å². The van der Waals surface area contributed by atoms with E-state index in [1.54, 1.807) is 10.4 Å². The van der Waals surface area contributed by atoms with Gasteiger partial charge in [0.05, 0.1) is 4.90 Å². The first-order valence-corrected chi connectivity index (χ1v) is 8.77. The third-order valence-corrected chi connectivity index (χ3v) is 5.54. The van der Waals surface area contributed by atoms with E-state index in [-0.39, 0.29) is 0 Å². The van der Waals surface area contributed by atoms with Crippen LogP contribution in [0.3, 0.4) is 0 Å². The summed E-state index contributed by atoms with van der Waals surface area (Å²) in [6.45, 7) is 7.34. The van der Waals surface area contributed by atoms with Crippen molar-refractivity contribution in [1.82, 2.24) is 4.31 Å². The van der Waals surface area contributed by atoms with Gasteiger partial charge in [0.1, 0.15) is 0 Å². The van der Waals surface area contributed by atoms with Crippen LogP contribution in [0.1, 0.15) is 44.7 Å². The minimum Gasteiger partial charge on any atom is -0.326 e. The summed E-state index contributed by atoms with van der Waals surface area (Å²) < 4.78 is 27.2. The molecule has 0 heterocycles. The normalized spacial score (nSPS) is 12.1. The van der Waals surface area contributed by atoms with Gasteiger partial charge < -0.3 is 5.73 Å². The monoisotopic (exact) mass is 298 g/mol. The van der Waals surface area contributed by atoms with Gasteiger partial charge in [-0.1, -0.05) is 39.3 Å². The highest BCUT2D eigenvalue weighted by Crippen LogP contribution is 2.23. The van der Waals surface area contributed by atoms with E-state index in [4.69, 9.17) is 5.73 Å². The summed E-state index contributed by atoms with van der Waals surface area (Å²) >= 11 is 0. The molecule has 0 spiro atoms. The molecule has 0 aliphatic carbocycles. The lowest BCUT2D eigenvalue weighted by Crippen LogP contribution is -2.32. The van der Waals surface area contributed by atoms with Gasteiger partial charge in [-0.05, 0) is 30.0 Å². The third kappa shape index (κ3) is 3.81. The first kappa shape index (κ1) is 17.1. The highest BCUT2D eigenvalue weighted by atomic mass is 32.2. The highest BCUT2D eigenvalue weighted by molar-refractivity contribution is 7.89. The molecule has 0 fully saturated rings. The number of unbranched alkanes of at least 4 members (excludes halogenated alkanes) is 1. The first-order chi connectivity index (χ1) is 9.51. The van der Waals surface area contributed by atoms with Gasteiger partial charge in [-0.15, -0.1) is 0 Å². The summed E-state index contributed by atoms with van der Waals surface area (Å²) in [7, 11) is -3.42. The lowest BCUT2D eigenvalue weighted by molar-refractivity contribution is 0.418. The third-order valence-electron chi connectivity index (χ3n) is 3.48. The number of aryl methyl sites for hydroxylation is 1. The van der Waals surface area contributed by atoms with Crippen LogP contribution in [0.2, 0.25) is 0 Å². The number of rotatable bonds is 8. The zero-order chi connectivity index (χ0) is 15.2. The van der Waals surface area contributed by atoms with Gasteiger partial charge in [0, 0.05) is 19.6 Å². The summed E-state index contributed by atoms with van der Waals surface area (Å²) in [4.78, 5) is 0.418. The fraction of sp³-hybridized carbons (Fsp3) is 0.600. The van der Waals surface area contributed by atoms with Crippen molar-refractivity contribution in [3.63, 3.8) is 0 Å². The molecule has 2 N–H and O–H groups in total. The molecular weight excluding hydrogens is 272 g/mol. The van der Waals surface area contributed by atoms with Gasteiger partial charge in [0.25, 0.3) is 0 Å². The molecule has 0 saturated heterocycles. The molecular formula is C15H26N2O2S. The van der Waals surface area contributed by atoms with Crippen molar-refractivity contribution in [1.29, 1.82) is 0 Å². The quantitative estimate of drug-likeness (QED) is 0.802. The molecule has 20 heavy (non-hydrogen) atoms. The second kappa shape index (κ2) is 7.76. The smallest absolute Gasteiger partial charge is 0.243 e. The second-order valence-electron chi connectivity index (χ2n) is 4.85. The Hall–Kier alpha value is -0.910. The number of benzene rings is 1. The maximum atomic E-state index is 12.8. The molecule has 0 aliphatic rings. The topological polar surface area (TPSA) is 63.4 Å². The van der Waals surface area contributed by atoms with E-state index in [9.17, 15) is 8.42 Å². The van der Waals surface area contributed by atoms with Crippen LogP contribution in [-0.2, 0) is 23.0 Å². The summed E-state index contributed by atoms with van der Waals surface area (Å²) in [5.74, 6) is 0. The van der Waals surface area contributed by atoms with Gasteiger partial charge in [-0.25, -0.2) is 8.42 Å². The maximum Gasteiger partial charge on any atom is 0.243 e. The number of hydrogen-bond acceptors (Lipinski definition) is 3. The summed E-state index contributed by atoms with van der Waals surface area (Å²) in [5.41, 5.74) is 7.35. The molecule has 0 aromatic heterocycles. The van der Waals surface area contributed by atoms with Crippen molar-refractivity contribution < 1.29 is 8.42 Å². The van der Waals surface area contributed by atoms with Gasteiger partial charge in [0.15, 0.2) is 0 Å². The number of nitrogens with two attached hydrogens (primary N) is 1. The standard InChI is InChI=1S/C15H26N2O2S/c1-4-7-10-17(6-3)20(18,19)15-11-13(12-16)8-9-14(15)5-2/h8-9,11H,4-7,10,12,16H2,1-3H3. The van der Waals surface area contributed by atoms with E-state index in [2.05, 4.69) is 6.92 Å². The fourth-order valence-electron chi connectivity index (χ4n) is 2.18. The lowest BCUT2D eigenvalue weighted by Gasteiger charge is -2.22. The van der Waals surface area contributed by atoms with Crippen LogP contribution in [0.25, 0.3) is 0 Å². The molecule has 0 aliphatic heterocycles. The number of hydrogen-bond donors (Lipinski definition) is 1. The summed E-state index contributed by atoms with van der Waals surface area (Å²) in [6, 6.07) is 5.51. The Balaban J connectivity index is 3.24. The van der Waals surface area contributed by atoms with E-state index >= 15 is 0 Å². The molecule has 1 aromatic rings. The molecule has 114 valence electrons. The summed E-state index contributed by atoms with van der Waals surface area (Å²) in [5, 5.41) is 0. The minimum atomic E-state index is -3.42. The van der Waals surface area contributed by atoms with Gasteiger partial charge in [-0.2, -0.15) is 4.31 Å². The largest absolute Gasteiger partial charge is 0.326 e. The molecule has 0 atom stereocenters. The van der Waals surface area contributed by atoms with E-state index in [1.165, 1.54) is 0 Å². The van der Waals surface area contributed by atoms with Crippen LogP contribution in [0.4, 0.5) is 0 Å². The Morgan fingerprint density at radius 3 is 2.40 bits per heavy atom. The molecule has 4 nitrogen and oxygen atoms in total. The van der Waals surface area contributed by atoms with Crippen molar-refractivity contribution >= 4 is 10.0 Å². The van der Waals surface area contributed by atoms with Gasteiger partial charge in [0.2, 0.25) is 10.0 Å². The van der Waals surface area contributed by atoms with Gasteiger partial charge >= 0.3 is 0 Å². The molecule has 0 saturated carbocycles. The Kier molecular flexibility index (Phi) is 6.65. The van der Waals surface area contributed by atoms with Crippen LogP contribution in [0.5, 0.6) is 0 Å². The van der Waals surface area contributed by atoms with E-state index in [0.29, 0.717) is 31.0 Å². The zero-order valence-electron chi connectivity index (χ0n) is 12.7. The predicted molar refractivity (Wildman–Crippen MR) is 83.1 cm³/mol. The summed E-state index contributed by atoms with van der Waals surface area (Å²) in [6.07, 6.45) is 2.56. The highest BCUT2D eigenvalue weighted by Gasteiger charge is 2.25. The average Bonchev–Trinajstić information content (AvgIpc) is 2.47. The second-order valence-corrected chi connectivity index (χ2v) is 6.76. The molecule has 1 aromatic carbocycles. The Morgan fingerprint density at radius 2 is 1.90 bits per heavy atom. The van der Waals surface area contributed by atoms with Crippen molar-refractivity contribution in [2.75, 3.05) is 13.1 Å². The fourth-order valence-corrected chi connectivity index (χ4v) is 4.01. The van der Waals surface area contributed by atoms with Crippen molar-refractivity contribution in [3.8, 4) is 0 Å². The number of sulfonamides is 1. The van der Waals surface area contributed by atoms with Crippen molar-refractivity contribution in [3.05, 3.63) is 29.3 Å². The maximum absolute atomic E-state index is 12.8. The predicted octanol–water partition coefficient (Wildman–Crippen LogP) is 2.52. The van der Waals surface area contributed by atoms with E-state index < -0.39 is 10.0 Å². The molecule has 0 bridgehead atoms. The average molecular weight is 298 g/mol.